The lowest BCUT2D eigenvalue weighted by atomic mass is 10.1. The Kier molecular flexibility index (Phi) is 4.98. The zero-order valence-corrected chi connectivity index (χ0v) is 12.1. The van der Waals surface area contributed by atoms with Gasteiger partial charge >= 0.3 is 0 Å². The van der Waals surface area contributed by atoms with E-state index in [1.807, 2.05) is 40.0 Å². The van der Waals surface area contributed by atoms with Crippen LogP contribution in [-0.2, 0) is 17.8 Å². The Hall–Kier alpha value is -0.580. The van der Waals surface area contributed by atoms with Crippen molar-refractivity contribution >= 4 is 11.4 Å². The van der Waals surface area contributed by atoms with Crippen molar-refractivity contribution in [3.05, 3.63) is 29.6 Å². The highest BCUT2D eigenvalue weighted by Gasteiger charge is 2.28. The number of aromatic nitrogens is 1. The van der Waals surface area contributed by atoms with Crippen LogP contribution in [0.3, 0.4) is 0 Å². The molecule has 0 saturated carbocycles. The van der Waals surface area contributed by atoms with Crippen molar-refractivity contribution in [2.45, 2.75) is 51.8 Å². The lowest BCUT2D eigenvalue weighted by Gasteiger charge is -2.26. The molecule has 0 saturated heterocycles. The molecule has 1 aromatic heterocycles. The molecule has 4 heteroatoms. The molecule has 96 valence electrons. The zero-order chi connectivity index (χ0) is 13.1. The normalized spacial score (nSPS) is 15.6. The van der Waals surface area contributed by atoms with E-state index < -0.39 is 11.4 Å². The fraction of sp³-hybridized carbons (Fsp3) is 0.615. The Morgan fingerprint density at radius 2 is 2.12 bits per heavy atom. The molecule has 0 spiro atoms. The van der Waals surface area contributed by atoms with Crippen LogP contribution in [0.1, 0.15) is 51.9 Å². The molecule has 2 atom stereocenters. The second-order valence-electron chi connectivity index (χ2n) is 5.15. The summed E-state index contributed by atoms with van der Waals surface area (Å²) in [7, 11) is 0. The summed E-state index contributed by atoms with van der Waals surface area (Å²) in [5.74, 6) is 0. The zero-order valence-electron chi connectivity index (χ0n) is 11.3. The predicted octanol–water partition coefficient (Wildman–Crippen LogP) is 2.76. The fourth-order valence-corrected chi connectivity index (χ4v) is 2.18. The molecule has 0 aliphatic heterocycles. The predicted molar refractivity (Wildman–Crippen MR) is 73.1 cm³/mol. The lowest BCUT2D eigenvalue weighted by Crippen LogP contribution is -2.40. The molecule has 17 heavy (non-hydrogen) atoms. The Bertz CT molecular complexity index is 363. The maximum Gasteiger partial charge on any atom is 0.136 e. The molecule has 0 bridgehead atoms. The van der Waals surface area contributed by atoms with Crippen LogP contribution < -0.4 is 4.72 Å². The number of hydrogen-bond acceptors (Lipinski definition) is 3. The SMILES string of the molecule is CCc1cc(C(C)N[S+]([O-])C(C)(C)C)ccn1. The van der Waals surface area contributed by atoms with Crippen LogP contribution in [0.2, 0.25) is 0 Å². The largest absolute Gasteiger partial charge is 0.598 e. The minimum absolute atomic E-state index is 0.0726. The number of nitrogens with one attached hydrogen (secondary N) is 1. The van der Waals surface area contributed by atoms with Crippen molar-refractivity contribution in [1.29, 1.82) is 0 Å². The van der Waals surface area contributed by atoms with Crippen molar-refractivity contribution in [1.82, 2.24) is 9.71 Å². The quantitative estimate of drug-likeness (QED) is 0.840. The monoisotopic (exact) mass is 254 g/mol. The fourth-order valence-electron chi connectivity index (χ4n) is 1.36. The van der Waals surface area contributed by atoms with E-state index >= 15 is 0 Å². The molecule has 0 aromatic carbocycles. The van der Waals surface area contributed by atoms with E-state index in [4.69, 9.17) is 0 Å². The molecule has 0 aliphatic rings. The van der Waals surface area contributed by atoms with Crippen LogP contribution in [0.5, 0.6) is 0 Å². The van der Waals surface area contributed by atoms with Gasteiger partial charge in [0.2, 0.25) is 0 Å². The minimum Gasteiger partial charge on any atom is -0.598 e. The summed E-state index contributed by atoms with van der Waals surface area (Å²) in [6.07, 6.45) is 2.73. The van der Waals surface area contributed by atoms with E-state index in [2.05, 4.69) is 22.7 Å². The molecule has 1 aromatic rings. The molecule has 0 radical (unpaired) electrons. The third-order valence-corrected chi connectivity index (χ3v) is 4.22. The van der Waals surface area contributed by atoms with E-state index in [-0.39, 0.29) is 10.8 Å². The van der Waals surface area contributed by atoms with E-state index in [1.54, 1.807) is 0 Å². The summed E-state index contributed by atoms with van der Waals surface area (Å²) in [5, 5.41) is 0. The van der Waals surface area contributed by atoms with E-state index in [0.29, 0.717) is 0 Å². The first-order valence-corrected chi connectivity index (χ1v) is 7.12. The summed E-state index contributed by atoms with van der Waals surface area (Å²) >= 11 is -1.05. The highest BCUT2D eigenvalue weighted by atomic mass is 32.2. The van der Waals surface area contributed by atoms with Crippen molar-refractivity contribution in [3.8, 4) is 0 Å². The summed E-state index contributed by atoms with van der Waals surface area (Å²) in [4.78, 5) is 4.26. The molecule has 0 aliphatic carbocycles. The van der Waals surface area contributed by atoms with Gasteiger partial charge in [-0.1, -0.05) is 6.92 Å². The second kappa shape index (κ2) is 5.85. The van der Waals surface area contributed by atoms with Gasteiger partial charge in [0.15, 0.2) is 0 Å². The topological polar surface area (TPSA) is 48.0 Å². The lowest BCUT2D eigenvalue weighted by molar-refractivity contribution is 0.531. The summed E-state index contributed by atoms with van der Waals surface area (Å²) in [6, 6.07) is 4.11. The molecule has 0 fully saturated rings. The molecule has 1 rings (SSSR count). The molecule has 1 heterocycles. The summed E-state index contributed by atoms with van der Waals surface area (Å²) < 4.78 is 14.9. The van der Waals surface area contributed by atoms with Gasteiger partial charge < -0.3 is 4.55 Å². The van der Waals surface area contributed by atoms with Gasteiger partial charge in [0, 0.05) is 23.3 Å². The maximum absolute atomic E-state index is 12.0. The molecule has 0 amide bonds. The van der Waals surface area contributed by atoms with Crippen LogP contribution in [0.15, 0.2) is 18.3 Å². The van der Waals surface area contributed by atoms with Crippen molar-refractivity contribution in [3.63, 3.8) is 0 Å². The standard InChI is InChI=1S/C13H22N2OS/c1-6-12-9-11(7-8-14-12)10(2)15-17(16)13(3,4)5/h7-10,15H,6H2,1-5H3. The number of rotatable bonds is 4. The summed E-state index contributed by atoms with van der Waals surface area (Å²) in [6.45, 7) is 10.0. The van der Waals surface area contributed by atoms with Crippen molar-refractivity contribution in [2.24, 2.45) is 0 Å². The molecular weight excluding hydrogens is 232 g/mol. The van der Waals surface area contributed by atoms with Gasteiger partial charge in [0.05, 0.1) is 6.04 Å². The van der Waals surface area contributed by atoms with Crippen molar-refractivity contribution < 1.29 is 4.55 Å². The first-order chi connectivity index (χ1) is 7.84. The molecule has 2 unspecified atom stereocenters. The maximum atomic E-state index is 12.0. The Morgan fingerprint density at radius 3 is 2.65 bits per heavy atom. The highest BCUT2D eigenvalue weighted by Crippen LogP contribution is 2.19. The smallest absolute Gasteiger partial charge is 0.136 e. The van der Waals surface area contributed by atoms with Crippen LogP contribution >= 0.6 is 0 Å². The van der Waals surface area contributed by atoms with Gasteiger partial charge in [-0.3, -0.25) is 4.98 Å². The number of pyridine rings is 1. The first-order valence-electron chi connectivity index (χ1n) is 5.97. The Labute approximate surface area is 107 Å². The van der Waals surface area contributed by atoms with Crippen LogP contribution in [0, 0.1) is 0 Å². The van der Waals surface area contributed by atoms with Gasteiger partial charge in [-0.2, -0.15) is 0 Å². The van der Waals surface area contributed by atoms with Gasteiger partial charge in [-0.15, -0.1) is 4.72 Å². The summed E-state index contributed by atoms with van der Waals surface area (Å²) in [5.41, 5.74) is 2.20. The highest BCUT2D eigenvalue weighted by molar-refractivity contribution is 7.90. The van der Waals surface area contributed by atoms with Gasteiger partial charge in [0.1, 0.15) is 4.75 Å². The van der Waals surface area contributed by atoms with Crippen molar-refractivity contribution in [2.75, 3.05) is 0 Å². The average molecular weight is 254 g/mol. The van der Waals surface area contributed by atoms with E-state index in [9.17, 15) is 4.55 Å². The molecule has 3 nitrogen and oxygen atoms in total. The van der Waals surface area contributed by atoms with Gasteiger partial charge in [-0.05, 0) is 51.8 Å². The second-order valence-corrected chi connectivity index (χ2v) is 7.15. The Morgan fingerprint density at radius 1 is 1.47 bits per heavy atom. The van der Waals surface area contributed by atoms with Crippen LogP contribution in [0.4, 0.5) is 0 Å². The van der Waals surface area contributed by atoms with E-state index in [0.717, 1.165) is 17.7 Å². The molecule has 1 N–H and O–H groups in total. The van der Waals surface area contributed by atoms with Gasteiger partial charge in [0.25, 0.3) is 0 Å². The number of aryl methyl sites for hydroxylation is 1. The number of hydrogen-bond donors (Lipinski definition) is 1. The van der Waals surface area contributed by atoms with Crippen LogP contribution in [-0.4, -0.2) is 14.3 Å². The Balaban J connectivity index is 2.72. The third-order valence-electron chi connectivity index (χ3n) is 2.54. The first kappa shape index (κ1) is 14.5. The van der Waals surface area contributed by atoms with Gasteiger partial charge in [-0.25, -0.2) is 0 Å². The average Bonchev–Trinajstić information content (AvgIpc) is 2.27. The van der Waals surface area contributed by atoms with Crippen LogP contribution in [0.25, 0.3) is 0 Å². The van der Waals surface area contributed by atoms with E-state index in [1.165, 1.54) is 0 Å². The number of nitrogens with zero attached hydrogens (tertiary/aromatic N) is 1. The third kappa shape index (κ3) is 4.30. The minimum atomic E-state index is -1.05. The molecular formula is C13H22N2OS.